The zero-order valence-electron chi connectivity index (χ0n) is 11.5. The van der Waals surface area contributed by atoms with Gasteiger partial charge in [0.05, 0.1) is 16.6 Å². The van der Waals surface area contributed by atoms with Crippen molar-refractivity contribution in [2.45, 2.75) is 13.3 Å². The Bertz CT molecular complexity index is 811. The van der Waals surface area contributed by atoms with Crippen LogP contribution in [-0.2, 0) is 11.2 Å². The Kier molecular flexibility index (Phi) is 3.58. The predicted octanol–water partition coefficient (Wildman–Crippen LogP) is 3.49. The predicted molar refractivity (Wildman–Crippen MR) is 84.8 cm³/mol. The summed E-state index contributed by atoms with van der Waals surface area (Å²) in [5, 5.41) is 12.8. The number of aryl methyl sites for hydroxylation is 1. The van der Waals surface area contributed by atoms with Gasteiger partial charge < -0.3 is 10.4 Å². The zero-order valence-corrected chi connectivity index (χ0v) is 12.3. The molecule has 0 saturated heterocycles. The average molecular weight is 298 g/mol. The smallest absolute Gasteiger partial charge is 0.230 e. The van der Waals surface area contributed by atoms with Crippen LogP contribution in [0.3, 0.4) is 0 Å². The van der Waals surface area contributed by atoms with Crippen molar-refractivity contribution in [1.82, 2.24) is 4.98 Å². The van der Waals surface area contributed by atoms with E-state index in [1.54, 1.807) is 24.3 Å². The number of carbonyl (C=O) groups excluding carboxylic acids is 1. The third-order valence-corrected chi connectivity index (χ3v) is 4.00. The lowest BCUT2D eigenvalue weighted by Crippen LogP contribution is -2.14. The van der Waals surface area contributed by atoms with Gasteiger partial charge in [-0.05, 0) is 42.3 Å². The van der Waals surface area contributed by atoms with E-state index in [4.69, 9.17) is 0 Å². The number of hydrogen-bond acceptors (Lipinski definition) is 4. The van der Waals surface area contributed by atoms with E-state index in [2.05, 4.69) is 16.4 Å². The second-order valence-corrected chi connectivity index (χ2v) is 5.92. The van der Waals surface area contributed by atoms with E-state index in [9.17, 15) is 9.90 Å². The first-order valence-electron chi connectivity index (χ1n) is 6.55. The summed E-state index contributed by atoms with van der Waals surface area (Å²) in [6.45, 7) is 2.03. The molecule has 0 unspecified atom stereocenters. The molecule has 1 heterocycles. The first-order valence-corrected chi connectivity index (χ1v) is 7.37. The third kappa shape index (κ3) is 3.20. The normalized spacial score (nSPS) is 10.7. The molecule has 21 heavy (non-hydrogen) atoms. The highest BCUT2D eigenvalue weighted by Crippen LogP contribution is 2.26. The number of amides is 1. The Morgan fingerprint density at radius 3 is 2.95 bits per heavy atom. The highest BCUT2D eigenvalue weighted by Gasteiger charge is 2.09. The van der Waals surface area contributed by atoms with Crippen LogP contribution < -0.4 is 5.32 Å². The molecule has 1 aromatic heterocycles. The zero-order chi connectivity index (χ0) is 14.8. The minimum absolute atomic E-state index is 0.142. The van der Waals surface area contributed by atoms with Gasteiger partial charge in [-0.3, -0.25) is 4.79 Å². The van der Waals surface area contributed by atoms with E-state index >= 15 is 0 Å². The number of benzene rings is 2. The molecule has 2 N–H and O–H groups in total. The molecule has 0 saturated carbocycles. The number of rotatable bonds is 3. The second kappa shape index (κ2) is 5.54. The molecule has 0 bridgehead atoms. The van der Waals surface area contributed by atoms with Crippen LogP contribution in [0.25, 0.3) is 10.2 Å². The van der Waals surface area contributed by atoms with Crippen LogP contribution in [0.15, 0.2) is 42.5 Å². The summed E-state index contributed by atoms with van der Waals surface area (Å²) in [6, 6.07) is 12.7. The van der Waals surface area contributed by atoms with Gasteiger partial charge in [0, 0.05) is 0 Å². The van der Waals surface area contributed by atoms with Gasteiger partial charge in [0.25, 0.3) is 0 Å². The maximum Gasteiger partial charge on any atom is 0.230 e. The fraction of sp³-hybridized carbons (Fsp3) is 0.125. The number of aromatic nitrogens is 1. The molecule has 0 aliphatic rings. The molecular formula is C16H14N2O2S. The summed E-state index contributed by atoms with van der Waals surface area (Å²) in [5.41, 5.74) is 2.83. The van der Waals surface area contributed by atoms with Gasteiger partial charge in [-0.1, -0.05) is 29.5 Å². The summed E-state index contributed by atoms with van der Waals surface area (Å²) < 4.78 is 1.06. The fourth-order valence-corrected chi connectivity index (χ4v) is 3.08. The number of aromatic hydroxyl groups is 1. The Morgan fingerprint density at radius 2 is 2.14 bits per heavy atom. The molecule has 0 aliphatic carbocycles. The number of fused-ring (bicyclic) bond motifs is 1. The lowest BCUT2D eigenvalue weighted by atomic mass is 10.1. The highest BCUT2D eigenvalue weighted by molar-refractivity contribution is 7.22. The van der Waals surface area contributed by atoms with Crippen LogP contribution in [-0.4, -0.2) is 16.0 Å². The number of phenols is 1. The topological polar surface area (TPSA) is 62.2 Å². The molecule has 4 nitrogen and oxygen atoms in total. The molecule has 5 heteroatoms. The molecule has 0 fully saturated rings. The largest absolute Gasteiger partial charge is 0.508 e. The van der Waals surface area contributed by atoms with Gasteiger partial charge in [-0.2, -0.15) is 0 Å². The average Bonchev–Trinajstić information content (AvgIpc) is 2.79. The van der Waals surface area contributed by atoms with Crippen molar-refractivity contribution in [3.8, 4) is 5.75 Å². The molecular weight excluding hydrogens is 284 g/mol. The summed E-state index contributed by atoms with van der Waals surface area (Å²) in [7, 11) is 0. The third-order valence-electron chi connectivity index (χ3n) is 3.07. The number of thiazole rings is 1. The molecule has 0 radical (unpaired) electrons. The molecule has 0 aliphatic heterocycles. The van der Waals surface area contributed by atoms with E-state index in [0.29, 0.717) is 5.13 Å². The SMILES string of the molecule is Cc1ccc2nc(NC(=O)Cc3cccc(O)c3)sc2c1. The molecule has 1 amide bonds. The van der Waals surface area contributed by atoms with Crippen molar-refractivity contribution < 1.29 is 9.90 Å². The van der Waals surface area contributed by atoms with Crippen LogP contribution >= 0.6 is 11.3 Å². The van der Waals surface area contributed by atoms with Gasteiger partial charge >= 0.3 is 0 Å². The highest BCUT2D eigenvalue weighted by atomic mass is 32.1. The van der Waals surface area contributed by atoms with Crippen molar-refractivity contribution in [3.05, 3.63) is 53.6 Å². The van der Waals surface area contributed by atoms with Gasteiger partial charge in [0.1, 0.15) is 5.75 Å². The summed E-state index contributed by atoms with van der Waals surface area (Å²) >= 11 is 1.46. The van der Waals surface area contributed by atoms with E-state index in [-0.39, 0.29) is 18.1 Å². The number of nitrogens with one attached hydrogen (secondary N) is 1. The number of anilines is 1. The minimum Gasteiger partial charge on any atom is -0.508 e. The number of phenolic OH excluding ortho intramolecular Hbond substituents is 1. The van der Waals surface area contributed by atoms with E-state index in [1.165, 1.54) is 16.9 Å². The van der Waals surface area contributed by atoms with Crippen LogP contribution in [0, 0.1) is 6.92 Å². The summed E-state index contributed by atoms with van der Waals surface area (Å²) in [5.74, 6) is 0.0205. The van der Waals surface area contributed by atoms with Crippen molar-refractivity contribution >= 4 is 32.6 Å². The van der Waals surface area contributed by atoms with Crippen LogP contribution in [0.1, 0.15) is 11.1 Å². The monoisotopic (exact) mass is 298 g/mol. The molecule has 3 aromatic rings. The van der Waals surface area contributed by atoms with E-state index in [1.807, 2.05) is 19.1 Å². The van der Waals surface area contributed by atoms with Gasteiger partial charge in [-0.25, -0.2) is 4.98 Å². The van der Waals surface area contributed by atoms with E-state index in [0.717, 1.165) is 15.8 Å². The maximum atomic E-state index is 12.0. The Morgan fingerprint density at radius 1 is 1.29 bits per heavy atom. The lowest BCUT2D eigenvalue weighted by molar-refractivity contribution is -0.115. The number of carbonyl (C=O) groups is 1. The van der Waals surface area contributed by atoms with Gasteiger partial charge in [-0.15, -0.1) is 0 Å². The number of hydrogen-bond donors (Lipinski definition) is 2. The van der Waals surface area contributed by atoms with E-state index < -0.39 is 0 Å². The molecule has 2 aromatic carbocycles. The van der Waals surface area contributed by atoms with Gasteiger partial charge in [0.2, 0.25) is 5.91 Å². The second-order valence-electron chi connectivity index (χ2n) is 4.89. The standard InChI is InChI=1S/C16H14N2O2S/c1-10-5-6-13-14(7-10)21-16(17-13)18-15(20)9-11-3-2-4-12(19)8-11/h2-8,19H,9H2,1H3,(H,17,18,20). The summed E-state index contributed by atoms with van der Waals surface area (Å²) in [4.78, 5) is 16.4. The Balaban J connectivity index is 1.74. The number of nitrogens with zero attached hydrogens (tertiary/aromatic N) is 1. The lowest BCUT2D eigenvalue weighted by Gasteiger charge is -2.02. The van der Waals surface area contributed by atoms with Crippen molar-refractivity contribution in [1.29, 1.82) is 0 Å². The molecule has 0 atom stereocenters. The first kappa shape index (κ1) is 13.6. The minimum atomic E-state index is -0.142. The maximum absolute atomic E-state index is 12.0. The van der Waals surface area contributed by atoms with Crippen molar-refractivity contribution in [2.24, 2.45) is 0 Å². The van der Waals surface area contributed by atoms with Crippen LogP contribution in [0.5, 0.6) is 5.75 Å². The van der Waals surface area contributed by atoms with Crippen LogP contribution in [0.4, 0.5) is 5.13 Å². The summed E-state index contributed by atoms with van der Waals surface area (Å²) in [6.07, 6.45) is 0.212. The van der Waals surface area contributed by atoms with Gasteiger partial charge in [0.15, 0.2) is 5.13 Å². The van der Waals surface area contributed by atoms with Crippen molar-refractivity contribution in [3.63, 3.8) is 0 Å². The van der Waals surface area contributed by atoms with Crippen LogP contribution in [0.2, 0.25) is 0 Å². The first-order chi connectivity index (χ1) is 10.1. The molecule has 106 valence electrons. The Hall–Kier alpha value is -2.40. The quantitative estimate of drug-likeness (QED) is 0.778. The molecule has 0 spiro atoms. The van der Waals surface area contributed by atoms with Crippen molar-refractivity contribution in [2.75, 3.05) is 5.32 Å². The fourth-order valence-electron chi connectivity index (χ4n) is 2.10. The molecule has 3 rings (SSSR count). The Labute approximate surface area is 126 Å².